The zero-order chi connectivity index (χ0) is 12.3. The SMILES string of the molecule is CCC1CCCN(CCCCCCNC)CC1. The van der Waals surface area contributed by atoms with Gasteiger partial charge in [-0.15, -0.1) is 0 Å². The lowest BCUT2D eigenvalue weighted by molar-refractivity contribution is 0.273. The van der Waals surface area contributed by atoms with E-state index in [1.54, 1.807) is 0 Å². The van der Waals surface area contributed by atoms with Crippen LogP contribution in [0, 0.1) is 5.92 Å². The molecule has 0 aliphatic carbocycles. The van der Waals surface area contributed by atoms with Gasteiger partial charge >= 0.3 is 0 Å². The fourth-order valence-corrected chi connectivity index (χ4v) is 2.85. The topological polar surface area (TPSA) is 15.3 Å². The van der Waals surface area contributed by atoms with E-state index in [1.807, 2.05) is 7.05 Å². The number of rotatable bonds is 8. The lowest BCUT2D eigenvalue weighted by Gasteiger charge is -2.19. The van der Waals surface area contributed by atoms with Crippen molar-refractivity contribution < 1.29 is 0 Å². The van der Waals surface area contributed by atoms with Crippen LogP contribution in [0.4, 0.5) is 0 Å². The van der Waals surface area contributed by atoms with Gasteiger partial charge in [0.15, 0.2) is 0 Å². The van der Waals surface area contributed by atoms with Gasteiger partial charge < -0.3 is 10.2 Å². The first-order chi connectivity index (χ1) is 8.36. The summed E-state index contributed by atoms with van der Waals surface area (Å²) in [6.07, 6.45) is 11.3. The van der Waals surface area contributed by atoms with Gasteiger partial charge in [0.1, 0.15) is 0 Å². The molecular weight excluding hydrogens is 208 g/mol. The van der Waals surface area contributed by atoms with E-state index < -0.39 is 0 Å². The van der Waals surface area contributed by atoms with Crippen molar-refractivity contribution in [1.82, 2.24) is 10.2 Å². The van der Waals surface area contributed by atoms with Crippen molar-refractivity contribution in [1.29, 1.82) is 0 Å². The average Bonchev–Trinajstić information content (AvgIpc) is 2.59. The molecule has 2 heteroatoms. The van der Waals surface area contributed by atoms with Crippen LogP contribution in [-0.4, -0.2) is 38.1 Å². The van der Waals surface area contributed by atoms with Crippen molar-refractivity contribution in [3.63, 3.8) is 0 Å². The monoisotopic (exact) mass is 240 g/mol. The standard InChI is InChI=1S/C15H32N2/c1-3-15-9-8-13-17(14-10-15)12-7-5-4-6-11-16-2/h15-16H,3-14H2,1-2H3. The van der Waals surface area contributed by atoms with E-state index in [9.17, 15) is 0 Å². The van der Waals surface area contributed by atoms with Crippen LogP contribution in [-0.2, 0) is 0 Å². The van der Waals surface area contributed by atoms with Crippen LogP contribution < -0.4 is 5.32 Å². The van der Waals surface area contributed by atoms with Gasteiger partial charge in [0.05, 0.1) is 0 Å². The van der Waals surface area contributed by atoms with Crippen molar-refractivity contribution >= 4 is 0 Å². The molecule has 17 heavy (non-hydrogen) atoms. The highest BCUT2D eigenvalue weighted by atomic mass is 15.1. The molecule has 1 unspecified atom stereocenters. The Morgan fingerprint density at radius 3 is 2.65 bits per heavy atom. The van der Waals surface area contributed by atoms with E-state index in [0.29, 0.717) is 0 Å². The van der Waals surface area contributed by atoms with E-state index in [0.717, 1.165) is 5.92 Å². The second-order valence-electron chi connectivity index (χ2n) is 5.56. The fraction of sp³-hybridized carbons (Fsp3) is 1.00. The number of unbranched alkanes of at least 4 members (excludes halogenated alkanes) is 3. The lowest BCUT2D eigenvalue weighted by atomic mass is 9.98. The number of hydrogen-bond donors (Lipinski definition) is 1. The van der Waals surface area contributed by atoms with Crippen molar-refractivity contribution in [3.8, 4) is 0 Å². The molecule has 1 heterocycles. The first-order valence-corrected chi connectivity index (χ1v) is 7.73. The maximum absolute atomic E-state index is 3.22. The van der Waals surface area contributed by atoms with Crippen LogP contribution in [0.2, 0.25) is 0 Å². The van der Waals surface area contributed by atoms with E-state index in [2.05, 4.69) is 17.1 Å². The second-order valence-corrected chi connectivity index (χ2v) is 5.56. The van der Waals surface area contributed by atoms with Crippen LogP contribution in [0.25, 0.3) is 0 Å². The third kappa shape index (κ3) is 7.05. The molecule has 0 radical (unpaired) electrons. The van der Waals surface area contributed by atoms with E-state index >= 15 is 0 Å². The van der Waals surface area contributed by atoms with Gasteiger partial charge in [-0.3, -0.25) is 0 Å². The quantitative estimate of drug-likeness (QED) is 0.655. The van der Waals surface area contributed by atoms with Crippen LogP contribution in [0.3, 0.4) is 0 Å². The van der Waals surface area contributed by atoms with Crippen molar-refractivity contribution in [2.75, 3.05) is 33.2 Å². The molecule has 1 atom stereocenters. The summed E-state index contributed by atoms with van der Waals surface area (Å²) in [5, 5.41) is 3.22. The molecule has 0 spiro atoms. The zero-order valence-electron chi connectivity index (χ0n) is 12.0. The third-order valence-corrected chi connectivity index (χ3v) is 4.17. The lowest BCUT2D eigenvalue weighted by Crippen LogP contribution is -2.26. The van der Waals surface area contributed by atoms with Gasteiger partial charge in [-0.2, -0.15) is 0 Å². The summed E-state index contributed by atoms with van der Waals surface area (Å²) in [5.74, 6) is 1.01. The number of nitrogens with one attached hydrogen (secondary N) is 1. The number of hydrogen-bond acceptors (Lipinski definition) is 2. The van der Waals surface area contributed by atoms with Gasteiger partial charge in [-0.25, -0.2) is 0 Å². The fourth-order valence-electron chi connectivity index (χ4n) is 2.85. The summed E-state index contributed by atoms with van der Waals surface area (Å²) < 4.78 is 0. The minimum absolute atomic E-state index is 1.01. The van der Waals surface area contributed by atoms with Gasteiger partial charge in [-0.1, -0.05) is 26.2 Å². The summed E-state index contributed by atoms with van der Waals surface area (Å²) in [5.41, 5.74) is 0. The zero-order valence-corrected chi connectivity index (χ0v) is 12.0. The molecule has 0 saturated carbocycles. The molecule has 0 aromatic rings. The molecule has 0 aromatic heterocycles. The minimum atomic E-state index is 1.01. The molecular formula is C15H32N2. The Bertz CT molecular complexity index is 170. The Morgan fingerprint density at radius 1 is 1.06 bits per heavy atom. The van der Waals surface area contributed by atoms with Gasteiger partial charge in [0, 0.05) is 0 Å². The molecule has 0 bridgehead atoms. The summed E-state index contributed by atoms with van der Waals surface area (Å²) in [7, 11) is 2.04. The molecule has 1 aliphatic rings. The van der Waals surface area contributed by atoms with Crippen molar-refractivity contribution in [2.24, 2.45) is 5.92 Å². The second kappa shape index (κ2) is 9.90. The van der Waals surface area contributed by atoms with Crippen molar-refractivity contribution in [2.45, 2.75) is 58.3 Å². The normalized spacial score (nSPS) is 22.6. The molecule has 2 nitrogen and oxygen atoms in total. The Morgan fingerprint density at radius 2 is 1.88 bits per heavy atom. The molecule has 1 aliphatic heterocycles. The van der Waals surface area contributed by atoms with E-state index in [1.165, 1.54) is 77.5 Å². The molecule has 0 amide bonds. The average molecular weight is 240 g/mol. The maximum atomic E-state index is 3.22. The highest BCUT2D eigenvalue weighted by Gasteiger charge is 2.14. The van der Waals surface area contributed by atoms with Crippen LogP contribution in [0.5, 0.6) is 0 Å². The molecule has 1 N–H and O–H groups in total. The summed E-state index contributed by atoms with van der Waals surface area (Å²) in [6, 6.07) is 0. The first-order valence-electron chi connectivity index (χ1n) is 7.73. The molecule has 1 fully saturated rings. The summed E-state index contributed by atoms with van der Waals surface area (Å²) in [4.78, 5) is 2.70. The smallest absolute Gasteiger partial charge is 0.00161 e. The number of likely N-dealkylation sites (tertiary alicyclic amines) is 1. The van der Waals surface area contributed by atoms with Crippen LogP contribution in [0.15, 0.2) is 0 Å². The predicted octanol–water partition coefficient (Wildman–Crippen LogP) is 3.28. The summed E-state index contributed by atoms with van der Waals surface area (Å²) in [6.45, 7) is 7.59. The van der Waals surface area contributed by atoms with Crippen LogP contribution >= 0.6 is 0 Å². The largest absolute Gasteiger partial charge is 0.320 e. The molecule has 0 aromatic carbocycles. The predicted molar refractivity (Wildman–Crippen MR) is 76.5 cm³/mol. The molecule has 1 rings (SSSR count). The highest BCUT2D eigenvalue weighted by molar-refractivity contribution is 4.69. The van der Waals surface area contributed by atoms with Crippen LogP contribution in [0.1, 0.15) is 58.3 Å². The third-order valence-electron chi connectivity index (χ3n) is 4.17. The summed E-state index contributed by atoms with van der Waals surface area (Å²) >= 11 is 0. The Hall–Kier alpha value is -0.0800. The minimum Gasteiger partial charge on any atom is -0.320 e. The van der Waals surface area contributed by atoms with Gasteiger partial charge in [0.2, 0.25) is 0 Å². The Kier molecular flexibility index (Phi) is 8.72. The van der Waals surface area contributed by atoms with E-state index in [-0.39, 0.29) is 0 Å². The van der Waals surface area contributed by atoms with Crippen molar-refractivity contribution in [3.05, 3.63) is 0 Å². The first kappa shape index (κ1) is 15.0. The number of nitrogens with zero attached hydrogens (tertiary/aromatic N) is 1. The maximum Gasteiger partial charge on any atom is -0.00161 e. The molecule has 1 saturated heterocycles. The Labute approximate surface area is 108 Å². The van der Waals surface area contributed by atoms with Gasteiger partial charge in [0.25, 0.3) is 0 Å². The van der Waals surface area contributed by atoms with Gasteiger partial charge in [-0.05, 0) is 71.2 Å². The Balaban J connectivity index is 1.99. The molecule has 102 valence electrons. The highest BCUT2D eigenvalue weighted by Crippen LogP contribution is 2.20. The van der Waals surface area contributed by atoms with E-state index in [4.69, 9.17) is 0 Å².